The number of aromatic nitrogens is 1. The van der Waals surface area contributed by atoms with Crippen molar-refractivity contribution in [3.8, 4) is 0 Å². The molecular formula is C12H14N4OS. The van der Waals surface area contributed by atoms with Crippen LogP contribution in [0.5, 0.6) is 0 Å². The number of anilines is 2. The summed E-state index contributed by atoms with van der Waals surface area (Å²) in [4.78, 5) is 16.6. The molecule has 18 heavy (non-hydrogen) atoms. The summed E-state index contributed by atoms with van der Waals surface area (Å²) in [7, 11) is 1.60. The largest absolute Gasteiger partial charge is 0.397 e. The molecule has 1 aromatic carbocycles. The summed E-state index contributed by atoms with van der Waals surface area (Å²) in [6.07, 6.45) is 1.80. The molecule has 0 saturated heterocycles. The molecule has 1 aromatic heterocycles. The van der Waals surface area contributed by atoms with E-state index >= 15 is 0 Å². The second-order valence-electron chi connectivity index (χ2n) is 3.70. The van der Waals surface area contributed by atoms with Crippen molar-refractivity contribution in [2.45, 2.75) is 6.54 Å². The summed E-state index contributed by atoms with van der Waals surface area (Å²) >= 11 is 1.57. The second-order valence-corrected chi connectivity index (χ2v) is 4.67. The zero-order valence-electron chi connectivity index (χ0n) is 9.93. The lowest BCUT2D eigenvalue weighted by molar-refractivity contribution is 0.0963. The fourth-order valence-electron chi connectivity index (χ4n) is 1.51. The van der Waals surface area contributed by atoms with Gasteiger partial charge in [0.25, 0.3) is 5.91 Å². The summed E-state index contributed by atoms with van der Waals surface area (Å²) < 4.78 is 0. The number of nitrogens with zero attached hydrogens (tertiary/aromatic N) is 1. The van der Waals surface area contributed by atoms with E-state index in [4.69, 9.17) is 5.73 Å². The SMILES string of the molecule is CNC(=O)c1ccc(N)c(NCc2cncs2)c1. The molecule has 0 aliphatic rings. The molecule has 0 unspecified atom stereocenters. The molecule has 1 heterocycles. The summed E-state index contributed by atoms with van der Waals surface area (Å²) in [5.41, 5.74) is 9.60. The van der Waals surface area contributed by atoms with E-state index in [1.54, 1.807) is 48.3 Å². The fraction of sp³-hybridized carbons (Fsp3) is 0.167. The first-order valence-electron chi connectivity index (χ1n) is 5.43. The smallest absolute Gasteiger partial charge is 0.251 e. The Morgan fingerprint density at radius 3 is 3.00 bits per heavy atom. The number of hydrogen-bond donors (Lipinski definition) is 3. The van der Waals surface area contributed by atoms with Gasteiger partial charge in [0.15, 0.2) is 0 Å². The van der Waals surface area contributed by atoms with Crippen LogP contribution in [0.15, 0.2) is 29.9 Å². The standard InChI is InChI=1S/C12H14N4OS/c1-14-12(17)8-2-3-10(13)11(4-8)16-6-9-5-15-7-18-9/h2-5,7,16H,6,13H2,1H3,(H,14,17). The highest BCUT2D eigenvalue weighted by atomic mass is 32.1. The van der Waals surface area contributed by atoms with Crippen LogP contribution in [0.25, 0.3) is 0 Å². The van der Waals surface area contributed by atoms with E-state index in [0.29, 0.717) is 17.8 Å². The van der Waals surface area contributed by atoms with Crippen molar-refractivity contribution >= 4 is 28.6 Å². The Bertz CT molecular complexity index is 539. The van der Waals surface area contributed by atoms with Gasteiger partial charge in [-0.25, -0.2) is 0 Å². The minimum Gasteiger partial charge on any atom is -0.397 e. The summed E-state index contributed by atoms with van der Waals surface area (Å²) in [6, 6.07) is 5.17. The van der Waals surface area contributed by atoms with Crippen LogP contribution >= 0.6 is 11.3 Å². The van der Waals surface area contributed by atoms with Gasteiger partial charge in [-0.05, 0) is 18.2 Å². The lowest BCUT2D eigenvalue weighted by Gasteiger charge is -2.10. The Labute approximate surface area is 109 Å². The molecule has 0 saturated carbocycles. The van der Waals surface area contributed by atoms with Gasteiger partial charge < -0.3 is 16.4 Å². The van der Waals surface area contributed by atoms with Crippen LogP contribution in [-0.2, 0) is 6.54 Å². The molecule has 0 spiro atoms. The predicted octanol–water partition coefficient (Wildman–Crippen LogP) is 1.70. The Hall–Kier alpha value is -2.08. The zero-order chi connectivity index (χ0) is 13.0. The molecule has 1 amide bonds. The molecule has 0 aliphatic carbocycles. The first-order valence-corrected chi connectivity index (χ1v) is 6.31. The number of thiazole rings is 1. The van der Waals surface area contributed by atoms with Gasteiger partial charge in [0, 0.05) is 23.7 Å². The highest BCUT2D eigenvalue weighted by Crippen LogP contribution is 2.21. The van der Waals surface area contributed by atoms with Crippen LogP contribution in [0, 0.1) is 0 Å². The molecule has 0 radical (unpaired) electrons. The Balaban J connectivity index is 2.13. The highest BCUT2D eigenvalue weighted by molar-refractivity contribution is 7.09. The van der Waals surface area contributed by atoms with Gasteiger partial charge in [0.2, 0.25) is 0 Å². The Morgan fingerprint density at radius 2 is 2.33 bits per heavy atom. The number of nitrogen functional groups attached to an aromatic ring is 1. The van der Waals surface area contributed by atoms with Crippen LogP contribution in [0.1, 0.15) is 15.2 Å². The van der Waals surface area contributed by atoms with Crippen molar-refractivity contribution in [3.05, 3.63) is 40.3 Å². The zero-order valence-corrected chi connectivity index (χ0v) is 10.8. The van der Waals surface area contributed by atoms with Crippen LogP contribution in [0.4, 0.5) is 11.4 Å². The monoisotopic (exact) mass is 262 g/mol. The third kappa shape index (κ3) is 2.78. The lowest BCUT2D eigenvalue weighted by atomic mass is 10.1. The van der Waals surface area contributed by atoms with Crippen molar-refractivity contribution in [1.82, 2.24) is 10.3 Å². The van der Waals surface area contributed by atoms with Gasteiger partial charge in [-0.1, -0.05) is 0 Å². The predicted molar refractivity (Wildman–Crippen MR) is 73.7 cm³/mol. The molecule has 2 rings (SSSR count). The molecule has 6 heteroatoms. The number of carbonyl (C=O) groups excluding carboxylic acids is 1. The number of nitrogens with one attached hydrogen (secondary N) is 2. The number of carbonyl (C=O) groups is 1. The average Bonchev–Trinajstić information content (AvgIpc) is 2.90. The van der Waals surface area contributed by atoms with Crippen molar-refractivity contribution in [2.75, 3.05) is 18.1 Å². The maximum atomic E-state index is 11.5. The first-order chi connectivity index (χ1) is 8.70. The normalized spacial score (nSPS) is 10.1. The number of nitrogens with two attached hydrogens (primary N) is 1. The van der Waals surface area contributed by atoms with Crippen LogP contribution in [0.3, 0.4) is 0 Å². The van der Waals surface area contributed by atoms with Crippen molar-refractivity contribution < 1.29 is 4.79 Å². The quantitative estimate of drug-likeness (QED) is 0.733. The Morgan fingerprint density at radius 1 is 1.50 bits per heavy atom. The average molecular weight is 262 g/mol. The molecule has 0 atom stereocenters. The van der Waals surface area contributed by atoms with E-state index in [-0.39, 0.29) is 5.91 Å². The molecule has 5 nitrogen and oxygen atoms in total. The third-order valence-corrected chi connectivity index (χ3v) is 3.26. The van der Waals surface area contributed by atoms with Gasteiger partial charge in [0.05, 0.1) is 23.4 Å². The van der Waals surface area contributed by atoms with E-state index in [0.717, 1.165) is 10.6 Å². The number of rotatable bonds is 4. The van der Waals surface area contributed by atoms with Crippen molar-refractivity contribution in [1.29, 1.82) is 0 Å². The van der Waals surface area contributed by atoms with Crippen LogP contribution < -0.4 is 16.4 Å². The molecular weight excluding hydrogens is 248 g/mol. The minimum absolute atomic E-state index is 0.129. The first kappa shape index (κ1) is 12.4. The van der Waals surface area contributed by atoms with Crippen LogP contribution in [-0.4, -0.2) is 17.9 Å². The van der Waals surface area contributed by atoms with Gasteiger partial charge in [-0.3, -0.25) is 9.78 Å². The topological polar surface area (TPSA) is 80.0 Å². The van der Waals surface area contributed by atoms with E-state index in [1.807, 2.05) is 0 Å². The minimum atomic E-state index is -0.129. The summed E-state index contributed by atoms with van der Waals surface area (Å²) in [5, 5.41) is 5.78. The molecule has 4 N–H and O–H groups in total. The van der Waals surface area contributed by atoms with Gasteiger partial charge in [0.1, 0.15) is 0 Å². The summed E-state index contributed by atoms with van der Waals surface area (Å²) in [6.45, 7) is 0.645. The number of hydrogen-bond acceptors (Lipinski definition) is 5. The molecule has 0 bridgehead atoms. The fourth-order valence-corrected chi connectivity index (χ4v) is 2.04. The van der Waals surface area contributed by atoms with E-state index in [9.17, 15) is 4.79 Å². The van der Waals surface area contributed by atoms with Crippen LogP contribution in [0.2, 0.25) is 0 Å². The molecule has 0 fully saturated rings. The molecule has 0 aliphatic heterocycles. The second kappa shape index (κ2) is 5.50. The van der Waals surface area contributed by atoms with Gasteiger partial charge in [-0.15, -0.1) is 11.3 Å². The molecule has 2 aromatic rings. The van der Waals surface area contributed by atoms with Crippen molar-refractivity contribution in [2.24, 2.45) is 0 Å². The Kier molecular flexibility index (Phi) is 3.78. The van der Waals surface area contributed by atoms with Crippen molar-refractivity contribution in [3.63, 3.8) is 0 Å². The van der Waals surface area contributed by atoms with E-state index < -0.39 is 0 Å². The van der Waals surface area contributed by atoms with Gasteiger partial charge in [-0.2, -0.15) is 0 Å². The number of amides is 1. The lowest BCUT2D eigenvalue weighted by Crippen LogP contribution is -2.18. The third-order valence-electron chi connectivity index (χ3n) is 2.48. The van der Waals surface area contributed by atoms with E-state index in [2.05, 4.69) is 15.6 Å². The number of benzene rings is 1. The summed E-state index contributed by atoms with van der Waals surface area (Å²) in [5.74, 6) is -0.129. The maximum Gasteiger partial charge on any atom is 0.251 e. The maximum absolute atomic E-state index is 11.5. The van der Waals surface area contributed by atoms with Gasteiger partial charge >= 0.3 is 0 Å². The van der Waals surface area contributed by atoms with E-state index in [1.165, 1.54) is 0 Å². The molecule has 94 valence electrons. The highest BCUT2D eigenvalue weighted by Gasteiger charge is 2.06.